The van der Waals surface area contributed by atoms with Gasteiger partial charge in [0.2, 0.25) is 11.9 Å². The maximum Gasteiger partial charge on any atom is 0.232 e. The average molecular weight is 213 g/mol. The molecule has 0 bridgehead atoms. The van der Waals surface area contributed by atoms with Gasteiger partial charge >= 0.3 is 0 Å². The van der Waals surface area contributed by atoms with Crippen LogP contribution in [0.25, 0.3) is 10.9 Å². The van der Waals surface area contributed by atoms with E-state index in [-0.39, 0.29) is 11.5 Å². The first kappa shape index (κ1) is 9.03. The van der Waals surface area contributed by atoms with Crippen LogP contribution in [0.2, 0.25) is 0 Å². The zero-order chi connectivity index (χ0) is 11.1. The first-order valence-electron chi connectivity index (χ1n) is 4.85. The third-order valence-electron chi connectivity index (χ3n) is 2.56. The van der Waals surface area contributed by atoms with E-state index in [9.17, 15) is 9.59 Å². The number of aromatic nitrogens is 1. The smallest absolute Gasteiger partial charge is 0.232 e. The Morgan fingerprint density at radius 3 is 2.94 bits per heavy atom. The van der Waals surface area contributed by atoms with E-state index in [1.54, 1.807) is 6.07 Å². The fourth-order valence-corrected chi connectivity index (χ4v) is 1.78. The Balaban J connectivity index is 2.26. The van der Waals surface area contributed by atoms with Crippen molar-refractivity contribution in [3.05, 3.63) is 36.0 Å². The lowest BCUT2D eigenvalue weighted by Crippen LogP contribution is -2.21. The van der Waals surface area contributed by atoms with E-state index in [2.05, 4.69) is 4.98 Å². The molecule has 3 rings (SSSR count). The van der Waals surface area contributed by atoms with E-state index in [0.29, 0.717) is 12.0 Å². The van der Waals surface area contributed by atoms with E-state index < -0.39 is 6.10 Å². The minimum absolute atomic E-state index is 0.246. The van der Waals surface area contributed by atoms with Crippen LogP contribution in [0.15, 0.2) is 30.3 Å². The molecule has 1 aromatic carbocycles. The van der Waals surface area contributed by atoms with Gasteiger partial charge in [-0.05, 0) is 12.1 Å². The lowest BCUT2D eigenvalue weighted by Gasteiger charge is -2.00. The van der Waals surface area contributed by atoms with Crippen LogP contribution in [0.5, 0.6) is 5.75 Å². The number of hydrogen-bond donors (Lipinski definition) is 0. The Kier molecular flexibility index (Phi) is 1.77. The summed E-state index contributed by atoms with van der Waals surface area (Å²) in [7, 11) is 0. The molecule has 78 valence electrons. The van der Waals surface area contributed by atoms with Crippen molar-refractivity contribution in [1.82, 2.24) is 4.98 Å². The molecule has 4 nitrogen and oxygen atoms in total. The summed E-state index contributed by atoms with van der Waals surface area (Å²) < 4.78 is 5.20. The van der Waals surface area contributed by atoms with Gasteiger partial charge in [0.1, 0.15) is 0 Å². The second-order valence-electron chi connectivity index (χ2n) is 3.57. The first-order chi connectivity index (χ1) is 7.79. The van der Waals surface area contributed by atoms with Crippen molar-refractivity contribution in [2.45, 2.75) is 6.10 Å². The fraction of sp³-hybridized carbons (Fsp3) is 0.0833. The van der Waals surface area contributed by atoms with Crippen LogP contribution >= 0.6 is 0 Å². The molecule has 1 aliphatic rings. The van der Waals surface area contributed by atoms with Crippen molar-refractivity contribution < 1.29 is 14.3 Å². The molecule has 2 aromatic rings. The normalized spacial score (nSPS) is 18.2. The zero-order valence-electron chi connectivity index (χ0n) is 8.21. The van der Waals surface area contributed by atoms with Crippen molar-refractivity contribution in [2.75, 3.05) is 0 Å². The number of hydrogen-bond acceptors (Lipinski definition) is 4. The summed E-state index contributed by atoms with van der Waals surface area (Å²) in [5.74, 6) is 0.0246. The Hall–Kier alpha value is -2.23. The Bertz CT molecular complexity index is 606. The Labute approximate surface area is 90.9 Å². The third-order valence-corrected chi connectivity index (χ3v) is 2.56. The standard InChI is InChI=1S/C12H7NO3/c14-6-10-12(15)11-9(16-10)5-7-3-1-2-4-8(7)13-11/h1-6,10H. The van der Waals surface area contributed by atoms with Crippen LogP contribution in [0.3, 0.4) is 0 Å². The van der Waals surface area contributed by atoms with E-state index in [4.69, 9.17) is 4.74 Å². The lowest BCUT2D eigenvalue weighted by molar-refractivity contribution is -0.111. The summed E-state index contributed by atoms with van der Waals surface area (Å²) in [5, 5.41) is 0.889. The van der Waals surface area contributed by atoms with Crippen LogP contribution in [0.4, 0.5) is 0 Å². The molecule has 1 unspecified atom stereocenters. The number of aldehydes is 1. The number of Topliss-reactive ketones (excluding diaryl/α,β-unsaturated/α-hetero) is 1. The summed E-state index contributed by atoms with van der Waals surface area (Å²) in [4.78, 5) is 26.5. The largest absolute Gasteiger partial charge is 0.472 e. The molecular formula is C12H7NO3. The number of carbonyl (C=O) groups excluding carboxylic acids is 2. The van der Waals surface area contributed by atoms with E-state index in [1.807, 2.05) is 24.3 Å². The Morgan fingerprint density at radius 1 is 1.31 bits per heavy atom. The van der Waals surface area contributed by atoms with Gasteiger partial charge in [0.25, 0.3) is 0 Å². The summed E-state index contributed by atoms with van der Waals surface area (Å²) in [6, 6.07) is 9.16. The molecule has 0 saturated heterocycles. The van der Waals surface area contributed by atoms with Crippen molar-refractivity contribution in [3.8, 4) is 5.75 Å². The zero-order valence-corrected chi connectivity index (χ0v) is 8.21. The van der Waals surface area contributed by atoms with Crippen LogP contribution in [-0.2, 0) is 4.79 Å². The predicted octanol–water partition coefficient (Wildman–Crippen LogP) is 1.38. The highest BCUT2D eigenvalue weighted by Gasteiger charge is 2.33. The van der Waals surface area contributed by atoms with Gasteiger partial charge in [0.05, 0.1) is 5.52 Å². The number of fused-ring (bicyclic) bond motifs is 2. The monoisotopic (exact) mass is 213 g/mol. The highest BCUT2D eigenvalue weighted by Crippen LogP contribution is 2.29. The maximum absolute atomic E-state index is 11.7. The number of benzene rings is 1. The number of carbonyl (C=O) groups is 2. The van der Waals surface area contributed by atoms with Crippen LogP contribution < -0.4 is 4.74 Å². The SMILES string of the molecule is O=CC1Oc2cc3ccccc3nc2C1=O. The van der Waals surface area contributed by atoms with Gasteiger partial charge in [-0.1, -0.05) is 18.2 Å². The minimum Gasteiger partial charge on any atom is -0.472 e. The summed E-state index contributed by atoms with van der Waals surface area (Å²) in [6.07, 6.45) is -0.534. The second kappa shape index (κ2) is 3.13. The molecule has 0 saturated carbocycles. The quantitative estimate of drug-likeness (QED) is 0.530. The van der Waals surface area contributed by atoms with E-state index in [0.717, 1.165) is 10.9 Å². The molecule has 0 radical (unpaired) electrons. The number of pyridine rings is 1. The van der Waals surface area contributed by atoms with Gasteiger partial charge in [-0.3, -0.25) is 9.59 Å². The number of rotatable bonds is 1. The van der Waals surface area contributed by atoms with Crippen molar-refractivity contribution in [2.24, 2.45) is 0 Å². The van der Waals surface area contributed by atoms with Gasteiger partial charge in [-0.2, -0.15) is 0 Å². The van der Waals surface area contributed by atoms with Gasteiger partial charge in [0.15, 0.2) is 17.7 Å². The number of ketones is 1. The fourth-order valence-electron chi connectivity index (χ4n) is 1.78. The van der Waals surface area contributed by atoms with Gasteiger partial charge in [-0.15, -0.1) is 0 Å². The Morgan fingerprint density at radius 2 is 2.12 bits per heavy atom. The molecule has 16 heavy (non-hydrogen) atoms. The molecular weight excluding hydrogens is 206 g/mol. The number of para-hydroxylation sites is 1. The summed E-state index contributed by atoms with van der Waals surface area (Å²) >= 11 is 0. The topological polar surface area (TPSA) is 56.3 Å². The van der Waals surface area contributed by atoms with Crippen LogP contribution in [0, 0.1) is 0 Å². The molecule has 0 aliphatic carbocycles. The van der Waals surface area contributed by atoms with Gasteiger partial charge < -0.3 is 4.74 Å². The molecule has 0 amide bonds. The lowest BCUT2D eigenvalue weighted by atomic mass is 10.1. The molecule has 1 aliphatic heterocycles. The predicted molar refractivity (Wildman–Crippen MR) is 56.6 cm³/mol. The average Bonchev–Trinajstić information content (AvgIpc) is 2.63. The molecule has 2 heterocycles. The summed E-state index contributed by atoms with van der Waals surface area (Å²) in [5.41, 5.74) is 0.973. The first-order valence-corrected chi connectivity index (χ1v) is 4.85. The van der Waals surface area contributed by atoms with Gasteiger partial charge in [0, 0.05) is 5.39 Å². The van der Waals surface area contributed by atoms with E-state index in [1.165, 1.54) is 0 Å². The minimum atomic E-state index is -1.03. The molecule has 0 spiro atoms. The van der Waals surface area contributed by atoms with E-state index >= 15 is 0 Å². The summed E-state index contributed by atoms with van der Waals surface area (Å²) in [6.45, 7) is 0. The molecule has 0 N–H and O–H groups in total. The van der Waals surface area contributed by atoms with Crippen molar-refractivity contribution in [3.63, 3.8) is 0 Å². The third kappa shape index (κ3) is 1.13. The molecule has 4 heteroatoms. The molecule has 0 fully saturated rings. The number of nitrogens with zero attached hydrogens (tertiary/aromatic N) is 1. The maximum atomic E-state index is 11.7. The highest BCUT2D eigenvalue weighted by molar-refractivity contribution is 6.11. The van der Waals surface area contributed by atoms with Gasteiger partial charge in [-0.25, -0.2) is 4.98 Å². The second-order valence-corrected chi connectivity index (χ2v) is 3.57. The van der Waals surface area contributed by atoms with Crippen molar-refractivity contribution in [1.29, 1.82) is 0 Å². The van der Waals surface area contributed by atoms with Crippen LogP contribution in [-0.4, -0.2) is 23.2 Å². The molecule has 1 aromatic heterocycles. The number of ether oxygens (including phenoxy) is 1. The van der Waals surface area contributed by atoms with Crippen LogP contribution in [0.1, 0.15) is 10.5 Å². The van der Waals surface area contributed by atoms with Crippen molar-refractivity contribution >= 4 is 23.0 Å². The molecule has 1 atom stereocenters. The highest BCUT2D eigenvalue weighted by atomic mass is 16.5.